The number of halogens is 1. The number of hydrogen-bond acceptors (Lipinski definition) is 2. The summed E-state index contributed by atoms with van der Waals surface area (Å²) in [7, 11) is 0. The molecule has 5 heteroatoms. The second-order valence-electron chi connectivity index (χ2n) is 7.27. The van der Waals surface area contributed by atoms with Crippen molar-refractivity contribution in [3.8, 4) is 22.5 Å². The third-order valence-electron chi connectivity index (χ3n) is 5.04. The molecule has 0 N–H and O–H groups in total. The van der Waals surface area contributed by atoms with E-state index in [9.17, 15) is 0 Å². The quantitative estimate of drug-likeness (QED) is 0.441. The molecule has 0 bridgehead atoms. The lowest BCUT2D eigenvalue weighted by Crippen LogP contribution is -2.13. The third-order valence-corrected chi connectivity index (χ3v) is 5.58. The van der Waals surface area contributed by atoms with Gasteiger partial charge in [-0.2, -0.15) is 10.2 Å². The van der Waals surface area contributed by atoms with Crippen LogP contribution < -0.4 is 0 Å². The van der Waals surface area contributed by atoms with Crippen LogP contribution in [-0.4, -0.2) is 19.6 Å². The molecule has 142 valence electrons. The zero-order valence-corrected chi connectivity index (χ0v) is 17.3. The van der Waals surface area contributed by atoms with Crippen molar-refractivity contribution in [1.29, 1.82) is 0 Å². The molecule has 0 spiro atoms. The molecule has 0 atom stereocenters. The summed E-state index contributed by atoms with van der Waals surface area (Å²) in [6, 6.07) is 19.1. The molecule has 2 aromatic heterocycles. The Kier molecular flexibility index (Phi) is 4.82. The third kappa shape index (κ3) is 3.48. The van der Waals surface area contributed by atoms with E-state index in [-0.39, 0.29) is 0 Å². The van der Waals surface area contributed by atoms with Crippen LogP contribution in [0.1, 0.15) is 22.5 Å². The van der Waals surface area contributed by atoms with Crippen LogP contribution in [0.25, 0.3) is 22.5 Å². The molecule has 2 aromatic carbocycles. The van der Waals surface area contributed by atoms with Gasteiger partial charge in [0.05, 0.1) is 27.8 Å². The van der Waals surface area contributed by atoms with Crippen LogP contribution in [0.15, 0.2) is 54.6 Å². The zero-order chi connectivity index (χ0) is 19.8. The Morgan fingerprint density at radius 3 is 1.86 bits per heavy atom. The first kappa shape index (κ1) is 18.5. The Bertz CT molecular complexity index is 1120. The molecule has 0 aliphatic heterocycles. The lowest BCUT2D eigenvalue weighted by atomic mass is 10.1. The van der Waals surface area contributed by atoms with Crippen molar-refractivity contribution < 1.29 is 0 Å². The first-order chi connectivity index (χ1) is 13.4. The van der Waals surface area contributed by atoms with Gasteiger partial charge >= 0.3 is 0 Å². The van der Waals surface area contributed by atoms with E-state index in [1.54, 1.807) is 0 Å². The predicted molar refractivity (Wildman–Crippen MR) is 115 cm³/mol. The lowest BCUT2D eigenvalue weighted by molar-refractivity contribution is 0.496. The second-order valence-corrected chi connectivity index (χ2v) is 7.65. The highest BCUT2D eigenvalue weighted by atomic mass is 35.5. The van der Waals surface area contributed by atoms with E-state index in [2.05, 4.69) is 73.5 Å². The highest BCUT2D eigenvalue weighted by Gasteiger charge is 2.15. The summed E-state index contributed by atoms with van der Waals surface area (Å²) in [5.74, 6) is 0. The van der Waals surface area contributed by atoms with E-state index in [1.165, 1.54) is 11.1 Å². The standard InChI is InChI=1S/C23H23ClN4/c1-15-5-9-19(10-6-15)21-13-22(20-11-7-16(2)8-12-20)28(26-21)14-27-18(4)23(24)17(3)25-27/h5-13H,14H2,1-4H3. The molecule has 28 heavy (non-hydrogen) atoms. The summed E-state index contributed by atoms with van der Waals surface area (Å²) in [6.07, 6.45) is 0. The number of aromatic nitrogens is 4. The predicted octanol–water partition coefficient (Wildman–Crippen LogP) is 5.81. The van der Waals surface area contributed by atoms with Crippen LogP contribution in [0, 0.1) is 27.7 Å². The molecule has 0 amide bonds. The molecule has 4 nitrogen and oxygen atoms in total. The molecular weight excluding hydrogens is 368 g/mol. The first-order valence-electron chi connectivity index (χ1n) is 9.34. The Morgan fingerprint density at radius 2 is 1.32 bits per heavy atom. The largest absolute Gasteiger partial charge is 0.246 e. The average Bonchev–Trinajstić information content (AvgIpc) is 3.20. The fourth-order valence-electron chi connectivity index (χ4n) is 3.29. The summed E-state index contributed by atoms with van der Waals surface area (Å²) < 4.78 is 3.90. The summed E-state index contributed by atoms with van der Waals surface area (Å²) in [5, 5.41) is 10.2. The van der Waals surface area contributed by atoms with Crippen molar-refractivity contribution in [2.24, 2.45) is 0 Å². The van der Waals surface area contributed by atoms with Crippen molar-refractivity contribution in [2.75, 3.05) is 0 Å². The molecule has 0 aliphatic rings. The molecule has 0 unspecified atom stereocenters. The SMILES string of the molecule is Cc1ccc(-c2cc(-c3ccc(C)cc3)n(Cn3nc(C)c(Cl)c3C)n2)cc1. The van der Waals surface area contributed by atoms with Gasteiger partial charge in [0.1, 0.15) is 6.67 Å². The van der Waals surface area contributed by atoms with Gasteiger partial charge in [0.15, 0.2) is 0 Å². The zero-order valence-electron chi connectivity index (χ0n) is 16.6. The second kappa shape index (κ2) is 7.28. The van der Waals surface area contributed by atoms with Crippen LogP contribution in [0.3, 0.4) is 0 Å². The van der Waals surface area contributed by atoms with Gasteiger partial charge in [0.2, 0.25) is 0 Å². The molecule has 4 aromatic rings. The summed E-state index contributed by atoms with van der Waals surface area (Å²) >= 11 is 6.34. The summed E-state index contributed by atoms with van der Waals surface area (Å²) in [5.41, 5.74) is 8.48. The van der Waals surface area contributed by atoms with Gasteiger partial charge in [-0.15, -0.1) is 0 Å². The van der Waals surface area contributed by atoms with Crippen molar-refractivity contribution in [2.45, 2.75) is 34.4 Å². The Hall–Kier alpha value is -2.85. The topological polar surface area (TPSA) is 35.6 Å². The number of hydrogen-bond donors (Lipinski definition) is 0. The monoisotopic (exact) mass is 390 g/mol. The molecule has 0 radical (unpaired) electrons. The van der Waals surface area contributed by atoms with Gasteiger partial charge in [-0.05, 0) is 39.3 Å². The van der Waals surface area contributed by atoms with Crippen LogP contribution in [0.5, 0.6) is 0 Å². The maximum Gasteiger partial charge on any atom is 0.134 e. The molecule has 2 heterocycles. The van der Waals surface area contributed by atoms with Crippen LogP contribution in [0.4, 0.5) is 0 Å². The van der Waals surface area contributed by atoms with Crippen LogP contribution in [-0.2, 0) is 6.67 Å². The van der Waals surface area contributed by atoms with Gasteiger partial charge in [0, 0.05) is 5.56 Å². The van der Waals surface area contributed by atoms with E-state index in [1.807, 2.05) is 23.2 Å². The minimum atomic E-state index is 0.508. The molecular formula is C23H23ClN4. The van der Waals surface area contributed by atoms with E-state index in [0.29, 0.717) is 11.7 Å². The molecule has 0 saturated heterocycles. The van der Waals surface area contributed by atoms with Crippen molar-refractivity contribution in [3.05, 3.63) is 82.1 Å². The van der Waals surface area contributed by atoms with E-state index >= 15 is 0 Å². The first-order valence-corrected chi connectivity index (χ1v) is 9.71. The number of rotatable bonds is 4. The van der Waals surface area contributed by atoms with Gasteiger partial charge in [-0.3, -0.25) is 0 Å². The fourth-order valence-corrected chi connectivity index (χ4v) is 3.42. The van der Waals surface area contributed by atoms with E-state index < -0.39 is 0 Å². The average molecular weight is 391 g/mol. The number of nitrogens with zero attached hydrogens (tertiary/aromatic N) is 4. The molecule has 0 fully saturated rings. The Labute approximate surface area is 170 Å². The van der Waals surface area contributed by atoms with Crippen LogP contribution in [0.2, 0.25) is 5.02 Å². The minimum absolute atomic E-state index is 0.508. The van der Waals surface area contributed by atoms with Crippen molar-refractivity contribution in [1.82, 2.24) is 19.6 Å². The normalized spacial score (nSPS) is 11.2. The smallest absolute Gasteiger partial charge is 0.134 e. The Balaban J connectivity index is 1.81. The fraction of sp³-hybridized carbons (Fsp3) is 0.217. The highest BCUT2D eigenvalue weighted by Crippen LogP contribution is 2.28. The van der Waals surface area contributed by atoms with Gasteiger partial charge in [-0.1, -0.05) is 71.3 Å². The van der Waals surface area contributed by atoms with Crippen LogP contribution >= 0.6 is 11.6 Å². The van der Waals surface area contributed by atoms with E-state index in [4.69, 9.17) is 16.7 Å². The summed E-state index contributed by atoms with van der Waals surface area (Å²) in [4.78, 5) is 0. The van der Waals surface area contributed by atoms with Gasteiger partial charge in [-0.25, -0.2) is 9.36 Å². The molecule has 0 saturated carbocycles. The number of aryl methyl sites for hydroxylation is 3. The Morgan fingerprint density at radius 1 is 0.750 bits per heavy atom. The van der Waals surface area contributed by atoms with Crippen molar-refractivity contribution in [3.63, 3.8) is 0 Å². The number of benzene rings is 2. The highest BCUT2D eigenvalue weighted by molar-refractivity contribution is 6.31. The van der Waals surface area contributed by atoms with E-state index in [0.717, 1.165) is 33.9 Å². The van der Waals surface area contributed by atoms with Gasteiger partial charge < -0.3 is 0 Å². The maximum absolute atomic E-state index is 6.34. The maximum atomic E-state index is 6.34. The van der Waals surface area contributed by atoms with Crippen molar-refractivity contribution >= 4 is 11.6 Å². The molecule has 4 rings (SSSR count). The van der Waals surface area contributed by atoms with Gasteiger partial charge in [0.25, 0.3) is 0 Å². The molecule has 0 aliphatic carbocycles. The lowest BCUT2D eigenvalue weighted by Gasteiger charge is -2.09. The minimum Gasteiger partial charge on any atom is -0.246 e. The summed E-state index contributed by atoms with van der Waals surface area (Å²) in [6.45, 7) is 8.60.